The highest BCUT2D eigenvalue weighted by Crippen LogP contribution is 2.21. The number of imide groups is 1. The Morgan fingerprint density at radius 1 is 1.32 bits per heavy atom. The second-order valence-corrected chi connectivity index (χ2v) is 4.69. The van der Waals surface area contributed by atoms with Gasteiger partial charge in [-0.1, -0.05) is 0 Å². The number of alkyl halides is 2. The highest BCUT2D eigenvalue weighted by atomic mass is 32.2. The molecular formula is C8H6F2NO7S-. The number of carbonyl (C=O) groups excluding carboxylic acids is 3. The lowest BCUT2D eigenvalue weighted by Crippen LogP contribution is -2.41. The van der Waals surface area contributed by atoms with Crippen molar-refractivity contribution >= 4 is 27.9 Å². The van der Waals surface area contributed by atoms with Crippen molar-refractivity contribution in [3.8, 4) is 0 Å². The van der Waals surface area contributed by atoms with Gasteiger partial charge in [0.15, 0.2) is 10.1 Å². The monoisotopic (exact) mass is 298 g/mol. The van der Waals surface area contributed by atoms with E-state index in [1.54, 1.807) is 0 Å². The highest BCUT2D eigenvalue weighted by Gasteiger charge is 2.48. The molecule has 0 aromatic heterocycles. The molecule has 0 atom stereocenters. The van der Waals surface area contributed by atoms with Crippen molar-refractivity contribution in [1.82, 2.24) is 4.90 Å². The third-order valence-electron chi connectivity index (χ3n) is 2.00. The van der Waals surface area contributed by atoms with Crippen LogP contribution in [-0.4, -0.2) is 54.1 Å². The molecule has 1 aliphatic rings. The van der Waals surface area contributed by atoms with E-state index in [2.05, 4.69) is 4.74 Å². The molecule has 8 nitrogen and oxygen atoms in total. The van der Waals surface area contributed by atoms with E-state index in [-0.39, 0.29) is 0 Å². The molecule has 0 N–H and O–H groups in total. The van der Waals surface area contributed by atoms with Crippen LogP contribution < -0.4 is 0 Å². The largest absolute Gasteiger partial charge is 0.743 e. The van der Waals surface area contributed by atoms with Crippen molar-refractivity contribution in [1.29, 1.82) is 0 Å². The molecule has 0 spiro atoms. The van der Waals surface area contributed by atoms with Crippen molar-refractivity contribution in [2.45, 2.75) is 5.25 Å². The molecule has 0 saturated carbocycles. The third kappa shape index (κ3) is 3.12. The molecule has 0 aromatic rings. The van der Waals surface area contributed by atoms with Crippen LogP contribution in [0.15, 0.2) is 12.2 Å². The number of carbonyl (C=O) groups is 3. The van der Waals surface area contributed by atoms with Gasteiger partial charge in [-0.3, -0.25) is 14.5 Å². The fourth-order valence-electron chi connectivity index (χ4n) is 1.07. The van der Waals surface area contributed by atoms with Gasteiger partial charge in [-0.05, 0) is 0 Å². The zero-order valence-electron chi connectivity index (χ0n) is 9.04. The maximum absolute atomic E-state index is 12.6. The van der Waals surface area contributed by atoms with Crippen molar-refractivity contribution < 1.29 is 40.9 Å². The lowest BCUT2D eigenvalue weighted by atomic mass is 10.5. The summed E-state index contributed by atoms with van der Waals surface area (Å²) in [5, 5.41) is -5.22. The summed E-state index contributed by atoms with van der Waals surface area (Å²) in [5.41, 5.74) is 0. The van der Waals surface area contributed by atoms with Gasteiger partial charge in [-0.15, -0.1) is 0 Å². The Morgan fingerprint density at radius 3 is 2.21 bits per heavy atom. The summed E-state index contributed by atoms with van der Waals surface area (Å²) in [5.74, 6) is -4.02. The summed E-state index contributed by atoms with van der Waals surface area (Å²) >= 11 is 0. The topological polar surface area (TPSA) is 121 Å². The van der Waals surface area contributed by atoms with Gasteiger partial charge in [0, 0.05) is 12.2 Å². The van der Waals surface area contributed by atoms with Crippen LogP contribution in [0.5, 0.6) is 0 Å². The summed E-state index contributed by atoms with van der Waals surface area (Å²) in [6.45, 7) is -1.39. The van der Waals surface area contributed by atoms with E-state index in [0.717, 1.165) is 12.2 Å². The first-order valence-electron chi connectivity index (χ1n) is 4.61. The van der Waals surface area contributed by atoms with Gasteiger partial charge < -0.3 is 9.29 Å². The average Bonchev–Trinajstić information content (AvgIpc) is 2.58. The number of hydrogen-bond acceptors (Lipinski definition) is 7. The van der Waals surface area contributed by atoms with Crippen LogP contribution in [0.1, 0.15) is 0 Å². The summed E-state index contributed by atoms with van der Waals surface area (Å²) in [6.07, 6.45) is 1.84. The van der Waals surface area contributed by atoms with Crippen LogP contribution in [-0.2, 0) is 29.2 Å². The minimum absolute atomic E-state index is 0.536. The summed E-state index contributed by atoms with van der Waals surface area (Å²) in [6, 6.07) is 0. The maximum atomic E-state index is 12.6. The normalized spacial score (nSPS) is 16.1. The molecule has 0 radical (unpaired) electrons. The fourth-order valence-corrected chi connectivity index (χ4v) is 1.33. The van der Waals surface area contributed by atoms with Gasteiger partial charge in [0.2, 0.25) is 0 Å². The third-order valence-corrected chi connectivity index (χ3v) is 2.79. The number of halogens is 2. The Morgan fingerprint density at radius 2 is 1.79 bits per heavy atom. The first-order chi connectivity index (χ1) is 8.57. The molecular weight excluding hydrogens is 292 g/mol. The molecule has 0 unspecified atom stereocenters. The highest BCUT2D eigenvalue weighted by molar-refractivity contribution is 7.87. The molecule has 2 amide bonds. The molecule has 0 saturated heterocycles. The van der Waals surface area contributed by atoms with E-state index in [1.807, 2.05) is 0 Å². The van der Waals surface area contributed by atoms with E-state index in [0.29, 0.717) is 4.90 Å². The van der Waals surface area contributed by atoms with E-state index in [9.17, 15) is 36.1 Å². The van der Waals surface area contributed by atoms with Crippen molar-refractivity contribution in [3.05, 3.63) is 12.2 Å². The second kappa shape index (κ2) is 5.01. The minimum Gasteiger partial charge on any atom is -0.743 e. The van der Waals surface area contributed by atoms with Gasteiger partial charge in [-0.25, -0.2) is 13.2 Å². The van der Waals surface area contributed by atoms with Gasteiger partial charge in [0.1, 0.15) is 6.61 Å². The Balaban J connectivity index is 2.53. The van der Waals surface area contributed by atoms with Crippen LogP contribution in [0.3, 0.4) is 0 Å². The van der Waals surface area contributed by atoms with Gasteiger partial charge >= 0.3 is 11.2 Å². The molecule has 106 valence electrons. The van der Waals surface area contributed by atoms with E-state index in [4.69, 9.17) is 0 Å². The quantitative estimate of drug-likeness (QED) is 0.347. The zero-order chi connectivity index (χ0) is 14.8. The van der Waals surface area contributed by atoms with Crippen LogP contribution in [0, 0.1) is 0 Å². The minimum atomic E-state index is -6.19. The molecule has 19 heavy (non-hydrogen) atoms. The molecule has 1 aliphatic heterocycles. The van der Waals surface area contributed by atoms with Crippen molar-refractivity contribution in [2.24, 2.45) is 0 Å². The lowest BCUT2D eigenvalue weighted by molar-refractivity contribution is -0.163. The predicted octanol–water partition coefficient (Wildman–Crippen LogP) is -1.41. The number of nitrogens with zero attached hydrogens (tertiary/aromatic N) is 1. The number of ether oxygens (including phenoxy) is 1. The van der Waals surface area contributed by atoms with Crippen molar-refractivity contribution in [2.75, 3.05) is 13.2 Å². The number of amides is 2. The molecule has 0 bridgehead atoms. The summed E-state index contributed by atoms with van der Waals surface area (Å²) in [7, 11) is -6.19. The maximum Gasteiger partial charge on any atom is 0.428 e. The van der Waals surface area contributed by atoms with E-state index in [1.165, 1.54) is 0 Å². The Labute approximate surface area is 105 Å². The van der Waals surface area contributed by atoms with E-state index >= 15 is 0 Å². The zero-order valence-corrected chi connectivity index (χ0v) is 9.85. The number of hydrogen-bond donors (Lipinski definition) is 0. The smallest absolute Gasteiger partial charge is 0.428 e. The van der Waals surface area contributed by atoms with Gasteiger partial charge in [-0.2, -0.15) is 8.78 Å². The van der Waals surface area contributed by atoms with E-state index < -0.39 is 46.3 Å². The first-order valence-corrected chi connectivity index (χ1v) is 6.02. The number of esters is 1. The first kappa shape index (κ1) is 15.2. The standard InChI is InChI=1S/C8H7F2NO7S/c9-8(10,19(15,16)17)7(14)18-4-3-11-5(12)1-2-6(11)13/h1-2H,3-4H2,(H,15,16,17)/p-1. The van der Waals surface area contributed by atoms with Gasteiger partial charge in [0.25, 0.3) is 11.8 Å². The summed E-state index contributed by atoms with van der Waals surface area (Å²) < 4.78 is 59.4. The lowest BCUT2D eigenvalue weighted by Gasteiger charge is -2.19. The van der Waals surface area contributed by atoms with Crippen LogP contribution in [0.2, 0.25) is 0 Å². The van der Waals surface area contributed by atoms with Crippen LogP contribution in [0.25, 0.3) is 0 Å². The number of rotatable bonds is 5. The predicted molar refractivity (Wildman–Crippen MR) is 51.5 cm³/mol. The van der Waals surface area contributed by atoms with Gasteiger partial charge in [0.05, 0.1) is 6.54 Å². The van der Waals surface area contributed by atoms with Crippen LogP contribution >= 0.6 is 0 Å². The molecule has 1 heterocycles. The van der Waals surface area contributed by atoms with Crippen molar-refractivity contribution in [3.63, 3.8) is 0 Å². The Bertz CT molecular complexity index is 535. The molecule has 0 fully saturated rings. The SMILES string of the molecule is O=C1C=CC(=O)N1CCOC(=O)C(F)(F)S(=O)(=O)[O-]. The molecule has 1 rings (SSSR count). The van der Waals surface area contributed by atoms with Crippen LogP contribution in [0.4, 0.5) is 8.78 Å². The summed E-state index contributed by atoms with van der Waals surface area (Å²) in [4.78, 5) is 33.3. The average molecular weight is 298 g/mol. The molecule has 0 aromatic carbocycles. The second-order valence-electron chi connectivity index (χ2n) is 3.27. The fraction of sp³-hybridized carbons (Fsp3) is 0.375. The Kier molecular flexibility index (Phi) is 4.00. The molecule has 11 heteroatoms. The molecule has 0 aliphatic carbocycles. The Hall–Kier alpha value is -1.88.